The highest BCUT2D eigenvalue weighted by Gasteiger charge is 2.61. The van der Waals surface area contributed by atoms with Gasteiger partial charge in [-0.3, -0.25) is 28.9 Å². The van der Waals surface area contributed by atoms with Crippen molar-refractivity contribution in [1.82, 2.24) is 4.90 Å². The fraction of sp³-hybridized carbons (Fsp3) is 0.842. The summed E-state index contributed by atoms with van der Waals surface area (Å²) in [5.74, 6) is -7.18. The van der Waals surface area contributed by atoms with Crippen LogP contribution in [0.5, 0.6) is 0 Å². The molecule has 312 valence electrons. The second-order valence-electron chi connectivity index (χ2n) is 14.4. The minimum absolute atomic E-state index is 0.0599. The van der Waals surface area contributed by atoms with Crippen LogP contribution < -0.4 is 17.2 Å². The van der Waals surface area contributed by atoms with Gasteiger partial charge in [0.05, 0.1) is 12.1 Å². The molecule has 1 saturated heterocycles. The highest BCUT2D eigenvalue weighted by atomic mass is 16.6. The Balaban J connectivity index is 3.06. The average molecular weight is 774 g/mol. The number of hydrogen-bond acceptors (Lipinski definition) is 12. The molecule has 1 heterocycles. The molecular formula is C38H68N4O12. The van der Waals surface area contributed by atoms with Gasteiger partial charge in [0.2, 0.25) is 17.7 Å². The van der Waals surface area contributed by atoms with Crippen LogP contribution in [0.3, 0.4) is 0 Å². The number of carbonyl (C=O) groups excluding carboxylic acids is 4. The summed E-state index contributed by atoms with van der Waals surface area (Å²) >= 11 is 0. The number of amides is 3. The predicted molar refractivity (Wildman–Crippen MR) is 200 cm³/mol. The van der Waals surface area contributed by atoms with Crippen LogP contribution in [0.2, 0.25) is 0 Å². The second-order valence-corrected chi connectivity index (χ2v) is 14.4. The standard InChI is InChI=1S/C38H68N4O12/c1-5-7-8-9-10-11-12-13-14-15-16-17-18-19-20-21-30(46)52-24-28-32(47)33(53-25(3)36(49)50)31(40)34(54-28)38(37(41)51,23-22-29(44)45)42(26(4)43)35(48)27(39)6-2/h25,27-28,31-34,47H,5-24,39-40H2,1-4H3,(H2,41,51)(H,44,45)(H,49,50)/t25-,27+,28-,31-,32-,33-,34?,38-/m1/s1/i2D. The Morgan fingerprint density at radius 2 is 1.41 bits per heavy atom. The average Bonchev–Trinajstić information content (AvgIpc) is 3.12. The Hall–Kier alpha value is -3.18. The van der Waals surface area contributed by atoms with Crippen LogP contribution in [0.15, 0.2) is 0 Å². The second kappa shape index (κ2) is 25.8. The van der Waals surface area contributed by atoms with Gasteiger partial charge in [0.1, 0.15) is 31.0 Å². The van der Waals surface area contributed by atoms with Crippen LogP contribution in [-0.4, -0.2) is 111 Å². The molecule has 0 spiro atoms. The molecule has 0 aromatic rings. The van der Waals surface area contributed by atoms with Gasteiger partial charge in [-0.15, -0.1) is 0 Å². The first-order chi connectivity index (χ1) is 26.1. The molecule has 1 aliphatic heterocycles. The Labute approximate surface area is 321 Å². The zero-order chi connectivity index (χ0) is 41.6. The smallest absolute Gasteiger partial charge is 0.332 e. The van der Waals surface area contributed by atoms with E-state index in [1.54, 1.807) is 0 Å². The van der Waals surface area contributed by atoms with Crippen LogP contribution >= 0.6 is 0 Å². The molecule has 54 heavy (non-hydrogen) atoms. The van der Waals surface area contributed by atoms with E-state index < -0.39 is 103 Å². The number of unbranched alkanes of at least 4 members (excludes halogenated alkanes) is 14. The minimum atomic E-state index is -2.66. The molecule has 16 nitrogen and oxygen atoms in total. The number of imide groups is 1. The van der Waals surface area contributed by atoms with Gasteiger partial charge < -0.3 is 46.7 Å². The zero-order valence-corrected chi connectivity index (χ0v) is 32.6. The molecule has 0 bridgehead atoms. The van der Waals surface area contributed by atoms with E-state index in [1.165, 1.54) is 64.2 Å². The number of nitrogens with two attached hydrogens (primary N) is 3. The molecule has 9 N–H and O–H groups in total. The number of primary amides is 1. The van der Waals surface area contributed by atoms with Crippen molar-refractivity contribution in [3.63, 3.8) is 0 Å². The van der Waals surface area contributed by atoms with Gasteiger partial charge in [0.25, 0.3) is 0 Å². The predicted octanol–water partition coefficient (Wildman–Crippen LogP) is 3.31. The number of ether oxygens (including phenoxy) is 3. The van der Waals surface area contributed by atoms with E-state index in [0.29, 0.717) is 11.3 Å². The first-order valence-corrected chi connectivity index (χ1v) is 19.6. The third-order valence-electron chi connectivity index (χ3n) is 10.0. The van der Waals surface area contributed by atoms with Crippen LogP contribution in [0.1, 0.15) is 151 Å². The molecule has 1 aliphatic rings. The molecule has 16 heteroatoms. The van der Waals surface area contributed by atoms with E-state index in [1.807, 2.05) is 0 Å². The molecule has 1 unspecified atom stereocenters. The molecular weight excluding hydrogens is 704 g/mol. The van der Waals surface area contributed by atoms with Crippen LogP contribution in [-0.2, 0) is 43.0 Å². The van der Waals surface area contributed by atoms with E-state index >= 15 is 0 Å². The summed E-state index contributed by atoms with van der Waals surface area (Å²) in [4.78, 5) is 77.0. The molecule has 1 fully saturated rings. The maximum atomic E-state index is 13.6. The summed E-state index contributed by atoms with van der Waals surface area (Å²) in [6.07, 6.45) is 7.03. The number of aliphatic carboxylic acids is 2. The molecule has 3 amide bonds. The van der Waals surface area contributed by atoms with E-state index in [4.69, 9.17) is 32.8 Å². The van der Waals surface area contributed by atoms with E-state index in [2.05, 4.69) is 6.92 Å². The molecule has 0 aromatic carbocycles. The summed E-state index contributed by atoms with van der Waals surface area (Å²) < 4.78 is 24.5. The topological polar surface area (TPSA) is 272 Å². The number of nitrogens with zero attached hydrogens (tertiary/aromatic N) is 1. The van der Waals surface area contributed by atoms with Gasteiger partial charge in [-0.2, -0.15) is 0 Å². The zero-order valence-electron chi connectivity index (χ0n) is 33.6. The maximum absolute atomic E-state index is 13.6. The number of esters is 1. The first kappa shape index (κ1) is 47.0. The summed E-state index contributed by atoms with van der Waals surface area (Å²) in [6.45, 7) is 3.31. The summed E-state index contributed by atoms with van der Waals surface area (Å²) in [6, 6.07) is -3.20. The number of hydrogen-bond donors (Lipinski definition) is 6. The van der Waals surface area contributed by atoms with E-state index in [9.17, 15) is 44.1 Å². The van der Waals surface area contributed by atoms with Gasteiger partial charge in [0, 0.05) is 21.1 Å². The molecule has 0 aliphatic carbocycles. The van der Waals surface area contributed by atoms with Crippen LogP contribution in [0.25, 0.3) is 0 Å². The molecule has 0 radical (unpaired) electrons. The third kappa shape index (κ3) is 15.5. The van der Waals surface area contributed by atoms with Crippen molar-refractivity contribution in [3.8, 4) is 0 Å². The highest BCUT2D eigenvalue weighted by molar-refractivity contribution is 6.04. The fourth-order valence-electron chi connectivity index (χ4n) is 6.87. The Morgan fingerprint density at radius 3 is 1.85 bits per heavy atom. The Kier molecular flexibility index (Phi) is 22.5. The summed E-state index contributed by atoms with van der Waals surface area (Å²) in [7, 11) is 0. The number of carboxylic acids is 2. The van der Waals surface area contributed by atoms with Gasteiger partial charge in [-0.1, -0.05) is 104 Å². The van der Waals surface area contributed by atoms with Crippen molar-refractivity contribution >= 4 is 35.6 Å². The maximum Gasteiger partial charge on any atom is 0.332 e. The van der Waals surface area contributed by atoms with E-state index in [-0.39, 0.29) is 19.7 Å². The van der Waals surface area contributed by atoms with Crippen molar-refractivity contribution in [2.24, 2.45) is 17.2 Å². The van der Waals surface area contributed by atoms with Gasteiger partial charge >= 0.3 is 17.9 Å². The van der Waals surface area contributed by atoms with Crippen molar-refractivity contribution in [3.05, 3.63) is 0 Å². The summed E-state index contributed by atoms with van der Waals surface area (Å²) in [5.41, 5.74) is 15.7. The number of rotatable bonds is 29. The Bertz CT molecular complexity index is 1210. The van der Waals surface area contributed by atoms with Crippen molar-refractivity contribution in [2.45, 2.75) is 198 Å². The SMILES string of the molecule is [2H]CC[C@H](N)C(=O)N(C(C)=O)[C@@](CCC(=O)O)(C(N)=O)C1O[C@H](COC(=O)CCCCCCCCCCCCCCCCC)[C@@H](O)[C@H](O[C@H](C)C(=O)O)[C@H]1N. The normalized spacial score (nSPS) is 22.3. The van der Waals surface area contributed by atoms with Crippen LogP contribution in [0.4, 0.5) is 0 Å². The lowest BCUT2D eigenvalue weighted by Crippen LogP contribution is -2.77. The molecule has 0 aromatic heterocycles. The number of aliphatic hydroxyl groups is 1. The van der Waals surface area contributed by atoms with Crippen LogP contribution in [0, 0.1) is 0 Å². The largest absolute Gasteiger partial charge is 0.481 e. The fourth-order valence-corrected chi connectivity index (χ4v) is 6.87. The Morgan fingerprint density at radius 1 is 0.889 bits per heavy atom. The van der Waals surface area contributed by atoms with Crippen molar-refractivity contribution in [2.75, 3.05) is 6.61 Å². The molecule has 1 rings (SSSR count). The highest BCUT2D eigenvalue weighted by Crippen LogP contribution is 2.37. The number of aliphatic hydroxyl groups excluding tert-OH is 1. The first-order valence-electron chi connectivity index (χ1n) is 20.3. The van der Waals surface area contributed by atoms with Crippen molar-refractivity contribution < 1.29 is 59.7 Å². The van der Waals surface area contributed by atoms with E-state index in [0.717, 1.165) is 39.5 Å². The minimum Gasteiger partial charge on any atom is -0.481 e. The molecule has 8 atom stereocenters. The molecule has 0 saturated carbocycles. The lowest BCUT2D eigenvalue weighted by atomic mass is 9.76. The monoisotopic (exact) mass is 773 g/mol. The lowest BCUT2D eigenvalue weighted by Gasteiger charge is -2.52. The van der Waals surface area contributed by atoms with Gasteiger partial charge in [0.15, 0.2) is 11.6 Å². The lowest BCUT2D eigenvalue weighted by molar-refractivity contribution is -0.239. The number of carbonyl (C=O) groups is 6. The number of carboxylic acid groups (broad SMARTS) is 2. The van der Waals surface area contributed by atoms with Crippen molar-refractivity contribution in [1.29, 1.82) is 0 Å². The summed E-state index contributed by atoms with van der Waals surface area (Å²) in [5, 5.41) is 30.5. The van der Waals surface area contributed by atoms with Gasteiger partial charge in [-0.25, -0.2) is 4.79 Å². The van der Waals surface area contributed by atoms with Gasteiger partial charge in [-0.05, 0) is 26.2 Å². The quantitative estimate of drug-likeness (QED) is 0.0470. The third-order valence-corrected chi connectivity index (χ3v) is 10.0.